The van der Waals surface area contributed by atoms with Crippen molar-refractivity contribution in [2.45, 2.75) is 26.2 Å². The lowest BCUT2D eigenvalue weighted by Crippen LogP contribution is -2.32. The molecule has 0 radical (unpaired) electrons. The number of aromatic amines is 1. The van der Waals surface area contributed by atoms with Gasteiger partial charge in [-0.05, 0) is 61.7 Å². The molecule has 4 rings (SSSR count). The Bertz CT molecular complexity index is 1350. The highest BCUT2D eigenvalue weighted by molar-refractivity contribution is 6.16. The second-order valence-corrected chi connectivity index (χ2v) is 9.10. The van der Waals surface area contributed by atoms with Crippen molar-refractivity contribution < 1.29 is 18.4 Å². The molecule has 188 valence electrons. The van der Waals surface area contributed by atoms with Gasteiger partial charge >= 0.3 is 0 Å². The first-order chi connectivity index (χ1) is 17.4. The lowest BCUT2D eigenvalue weighted by atomic mass is 10.0. The fraction of sp³-hybridized carbons (Fsp3) is 0.321. The van der Waals surface area contributed by atoms with Crippen molar-refractivity contribution in [3.63, 3.8) is 0 Å². The van der Waals surface area contributed by atoms with E-state index in [0.717, 1.165) is 43.2 Å². The first-order valence-electron chi connectivity index (χ1n) is 12.2. The lowest BCUT2D eigenvalue weighted by molar-refractivity contribution is -0.111. The molecule has 8 heteroatoms. The van der Waals surface area contributed by atoms with E-state index in [0.29, 0.717) is 47.2 Å². The molecule has 1 atom stereocenters. The summed E-state index contributed by atoms with van der Waals surface area (Å²) in [5, 5.41) is 1.34. The van der Waals surface area contributed by atoms with Crippen molar-refractivity contribution in [1.82, 2.24) is 9.97 Å². The van der Waals surface area contributed by atoms with Gasteiger partial charge in [-0.2, -0.15) is 0 Å². The molecule has 0 aliphatic rings. The third-order valence-electron chi connectivity index (χ3n) is 6.50. The van der Waals surface area contributed by atoms with E-state index < -0.39 is 0 Å². The van der Waals surface area contributed by atoms with Gasteiger partial charge in [-0.25, -0.2) is 13.8 Å². The van der Waals surface area contributed by atoms with Gasteiger partial charge in [0.15, 0.2) is 6.29 Å². The van der Waals surface area contributed by atoms with Crippen molar-refractivity contribution in [2.24, 2.45) is 5.92 Å². The van der Waals surface area contributed by atoms with Crippen LogP contribution in [0.4, 0.5) is 20.3 Å². The molecule has 1 N–H and O–H groups in total. The maximum Gasteiger partial charge on any atom is 0.153 e. The molecule has 36 heavy (non-hydrogen) atoms. The minimum absolute atomic E-state index is 0.234. The smallest absolute Gasteiger partial charge is 0.153 e. The van der Waals surface area contributed by atoms with Crippen LogP contribution in [0.3, 0.4) is 0 Å². The molecular formula is C28H30F2N4O2. The molecule has 0 saturated heterocycles. The minimum Gasteiger partial charge on any atom is -0.375 e. The number of hydrogen-bond acceptors (Lipinski definition) is 5. The van der Waals surface area contributed by atoms with E-state index in [1.807, 2.05) is 18.9 Å². The van der Waals surface area contributed by atoms with E-state index >= 15 is 0 Å². The number of pyridine rings is 1. The fourth-order valence-corrected chi connectivity index (χ4v) is 4.66. The zero-order chi connectivity index (χ0) is 25.7. The van der Waals surface area contributed by atoms with Gasteiger partial charge in [-0.3, -0.25) is 4.79 Å². The van der Waals surface area contributed by atoms with E-state index in [1.165, 1.54) is 30.5 Å². The highest BCUT2D eigenvalue weighted by Gasteiger charge is 2.21. The molecule has 0 amide bonds. The summed E-state index contributed by atoms with van der Waals surface area (Å²) in [5.74, 6) is -0.248. The second kappa shape index (κ2) is 11.3. The molecule has 0 bridgehead atoms. The van der Waals surface area contributed by atoms with Crippen LogP contribution >= 0.6 is 0 Å². The topological polar surface area (TPSA) is 69.3 Å². The predicted molar refractivity (Wildman–Crippen MR) is 140 cm³/mol. The number of H-pyrrole nitrogens is 1. The van der Waals surface area contributed by atoms with Crippen LogP contribution in [0, 0.1) is 17.6 Å². The summed E-state index contributed by atoms with van der Waals surface area (Å²) in [6.45, 7) is 3.89. The van der Waals surface area contributed by atoms with Gasteiger partial charge in [0.25, 0.3) is 0 Å². The Kier molecular flexibility index (Phi) is 7.93. The van der Waals surface area contributed by atoms with Gasteiger partial charge in [0, 0.05) is 55.4 Å². The van der Waals surface area contributed by atoms with E-state index in [4.69, 9.17) is 0 Å². The zero-order valence-corrected chi connectivity index (χ0v) is 20.5. The number of nitrogens with one attached hydrogen (secondary N) is 1. The van der Waals surface area contributed by atoms with E-state index in [2.05, 4.69) is 14.9 Å². The molecule has 0 aliphatic heterocycles. The summed E-state index contributed by atoms with van der Waals surface area (Å²) < 4.78 is 27.3. The van der Waals surface area contributed by atoms with Gasteiger partial charge in [0.2, 0.25) is 0 Å². The Morgan fingerprint density at radius 3 is 2.50 bits per heavy atom. The number of anilines is 2. The Morgan fingerprint density at radius 1 is 1.06 bits per heavy atom. The average molecular weight is 493 g/mol. The summed E-state index contributed by atoms with van der Waals surface area (Å²) in [6.07, 6.45) is 5.52. The van der Waals surface area contributed by atoms with Crippen LogP contribution in [0.5, 0.6) is 0 Å². The van der Waals surface area contributed by atoms with Crippen LogP contribution in [0.2, 0.25) is 0 Å². The van der Waals surface area contributed by atoms with Gasteiger partial charge < -0.3 is 19.6 Å². The maximum absolute atomic E-state index is 14.1. The third kappa shape index (κ3) is 5.37. The molecule has 0 unspecified atom stereocenters. The summed E-state index contributed by atoms with van der Waals surface area (Å²) in [6, 6.07) is 10.8. The molecule has 4 aromatic rings. The van der Waals surface area contributed by atoms with Crippen LogP contribution in [0.25, 0.3) is 21.8 Å². The molecule has 0 saturated carbocycles. The zero-order valence-electron chi connectivity index (χ0n) is 20.5. The minimum atomic E-state index is -0.371. The van der Waals surface area contributed by atoms with Crippen molar-refractivity contribution in [1.29, 1.82) is 0 Å². The Hall–Kier alpha value is -3.81. The van der Waals surface area contributed by atoms with Crippen LogP contribution < -0.4 is 9.80 Å². The molecule has 6 nitrogen and oxygen atoms in total. The maximum atomic E-state index is 14.1. The normalized spacial score (nSPS) is 12.1. The highest BCUT2D eigenvalue weighted by Crippen LogP contribution is 2.34. The SMILES string of the molecule is CCCN(C[C@H](C=O)CCCN(C)c1ccc(F)cc1)c1ncc(C=O)c2[nH]c3ccc(F)cc3c12. The van der Waals surface area contributed by atoms with Crippen molar-refractivity contribution >= 4 is 45.9 Å². The van der Waals surface area contributed by atoms with Gasteiger partial charge in [-0.1, -0.05) is 6.92 Å². The summed E-state index contributed by atoms with van der Waals surface area (Å²) in [4.78, 5) is 35.6. The molecule has 2 aromatic carbocycles. The number of rotatable bonds is 12. The van der Waals surface area contributed by atoms with E-state index in [-0.39, 0.29) is 17.6 Å². The van der Waals surface area contributed by atoms with Crippen molar-refractivity contribution in [3.05, 3.63) is 65.9 Å². The quantitative estimate of drug-likeness (QED) is 0.255. The van der Waals surface area contributed by atoms with Crippen LogP contribution in [-0.2, 0) is 4.79 Å². The van der Waals surface area contributed by atoms with Gasteiger partial charge in [0.05, 0.1) is 16.5 Å². The van der Waals surface area contributed by atoms with E-state index in [1.54, 1.807) is 18.2 Å². The van der Waals surface area contributed by atoms with Gasteiger partial charge in [-0.15, -0.1) is 0 Å². The Labute approximate surface area is 208 Å². The van der Waals surface area contributed by atoms with Crippen LogP contribution in [-0.4, -0.2) is 49.2 Å². The molecule has 0 spiro atoms. The number of carbonyl (C=O) groups excluding carboxylic acids is 2. The molecular weight excluding hydrogens is 462 g/mol. The summed E-state index contributed by atoms with van der Waals surface area (Å²) >= 11 is 0. The number of halogens is 2. The van der Waals surface area contributed by atoms with Crippen LogP contribution in [0.15, 0.2) is 48.7 Å². The van der Waals surface area contributed by atoms with Crippen molar-refractivity contribution in [3.8, 4) is 0 Å². The molecule has 2 heterocycles. The highest BCUT2D eigenvalue weighted by atomic mass is 19.1. The predicted octanol–water partition coefficient (Wildman–Crippen LogP) is 5.75. The number of carbonyl (C=O) groups is 2. The first kappa shape index (κ1) is 25.3. The Balaban J connectivity index is 1.56. The number of nitrogens with zero attached hydrogens (tertiary/aromatic N) is 3. The lowest BCUT2D eigenvalue weighted by Gasteiger charge is -2.27. The summed E-state index contributed by atoms with van der Waals surface area (Å²) in [5.41, 5.74) is 2.65. The Morgan fingerprint density at radius 2 is 1.81 bits per heavy atom. The van der Waals surface area contributed by atoms with Crippen molar-refractivity contribution in [2.75, 3.05) is 36.5 Å². The number of hydrogen-bond donors (Lipinski definition) is 1. The molecule has 2 aromatic heterocycles. The van der Waals surface area contributed by atoms with Gasteiger partial charge in [0.1, 0.15) is 23.7 Å². The fourth-order valence-electron chi connectivity index (χ4n) is 4.66. The number of aldehydes is 2. The molecule has 0 fully saturated rings. The number of benzene rings is 2. The second-order valence-electron chi connectivity index (χ2n) is 9.10. The summed E-state index contributed by atoms with van der Waals surface area (Å²) in [7, 11) is 1.94. The third-order valence-corrected chi connectivity index (χ3v) is 6.50. The van der Waals surface area contributed by atoms with E-state index in [9.17, 15) is 18.4 Å². The monoisotopic (exact) mass is 492 g/mol. The largest absolute Gasteiger partial charge is 0.375 e. The molecule has 0 aliphatic carbocycles. The number of fused-ring (bicyclic) bond motifs is 3. The number of aromatic nitrogens is 2. The standard InChI is InChI=1S/C28H30F2N4O2/c1-3-12-34(16-19(17-35)5-4-13-33(2)23-9-6-21(29)7-10-23)28-26-24-14-22(30)8-11-25(24)32-27(26)20(18-36)15-31-28/h6-11,14-15,17-19,32H,3-5,12-13,16H2,1-2H3/t19-/m1/s1. The average Bonchev–Trinajstić information content (AvgIpc) is 3.26. The first-order valence-corrected chi connectivity index (χ1v) is 12.2. The van der Waals surface area contributed by atoms with Crippen LogP contribution in [0.1, 0.15) is 36.5 Å².